The average Bonchev–Trinajstić information content (AvgIpc) is 2.68. The van der Waals surface area contributed by atoms with Crippen molar-refractivity contribution in [3.05, 3.63) is 77.4 Å². The molecule has 0 radical (unpaired) electrons. The zero-order valence-electron chi connectivity index (χ0n) is 14.9. The van der Waals surface area contributed by atoms with E-state index in [1.54, 1.807) is 18.2 Å². The van der Waals surface area contributed by atoms with E-state index in [4.69, 9.17) is 5.26 Å². The smallest absolute Gasteiger partial charge is 0.261 e. The van der Waals surface area contributed by atoms with Crippen LogP contribution in [0.1, 0.15) is 24.0 Å². The van der Waals surface area contributed by atoms with Crippen molar-refractivity contribution in [3.63, 3.8) is 0 Å². The van der Waals surface area contributed by atoms with Crippen molar-refractivity contribution >= 4 is 12.0 Å². The van der Waals surface area contributed by atoms with Crippen LogP contribution in [0.25, 0.3) is 6.08 Å². The number of carbonyl (C=O) groups is 1. The maximum absolute atomic E-state index is 12.0. The molecule has 2 rings (SSSR count). The maximum Gasteiger partial charge on any atom is 0.261 e. The molecule has 0 bridgehead atoms. The number of hydrogen-bond acceptors (Lipinski definition) is 4. The molecule has 3 N–H and O–H groups in total. The summed E-state index contributed by atoms with van der Waals surface area (Å²) in [5.41, 5.74) is 1.92. The molecule has 0 unspecified atom stereocenters. The average molecular weight is 362 g/mol. The van der Waals surface area contributed by atoms with Crippen molar-refractivity contribution in [3.8, 4) is 17.6 Å². The summed E-state index contributed by atoms with van der Waals surface area (Å²) < 4.78 is 0. The van der Waals surface area contributed by atoms with Gasteiger partial charge in [-0.2, -0.15) is 5.26 Å². The summed E-state index contributed by atoms with van der Waals surface area (Å²) in [5.74, 6) is -0.836. The number of amides is 1. The van der Waals surface area contributed by atoms with Crippen LogP contribution in [0.3, 0.4) is 0 Å². The first-order chi connectivity index (χ1) is 13.1. The Balaban J connectivity index is 1.78. The van der Waals surface area contributed by atoms with Gasteiger partial charge in [-0.25, -0.2) is 0 Å². The van der Waals surface area contributed by atoms with Gasteiger partial charge in [0, 0.05) is 6.54 Å². The lowest BCUT2D eigenvalue weighted by Crippen LogP contribution is -2.25. The number of aromatic hydroxyl groups is 2. The van der Waals surface area contributed by atoms with E-state index in [-0.39, 0.29) is 17.1 Å². The third-order valence-corrected chi connectivity index (χ3v) is 3.94. The van der Waals surface area contributed by atoms with E-state index in [0.717, 1.165) is 19.3 Å². The largest absolute Gasteiger partial charge is 0.504 e. The number of nitriles is 1. The van der Waals surface area contributed by atoms with Crippen LogP contribution in [0.15, 0.2) is 66.3 Å². The van der Waals surface area contributed by atoms with E-state index in [1.807, 2.05) is 24.3 Å². The Morgan fingerprint density at radius 3 is 2.56 bits per heavy atom. The summed E-state index contributed by atoms with van der Waals surface area (Å²) in [6, 6.07) is 16.4. The highest BCUT2D eigenvalue weighted by atomic mass is 16.3. The summed E-state index contributed by atoms with van der Waals surface area (Å²) in [6.45, 7) is 0.514. The quantitative estimate of drug-likeness (QED) is 0.219. The minimum absolute atomic E-state index is 0.0114. The molecule has 0 fully saturated rings. The number of rotatable bonds is 8. The van der Waals surface area contributed by atoms with Gasteiger partial charge in [-0.3, -0.25) is 4.79 Å². The Morgan fingerprint density at radius 2 is 1.85 bits per heavy atom. The molecule has 0 spiro atoms. The lowest BCUT2D eigenvalue weighted by Gasteiger charge is -2.04. The zero-order valence-corrected chi connectivity index (χ0v) is 14.9. The Bertz CT molecular complexity index is 865. The SMILES string of the molecule is N#C/C(=C\C=C\c1ccc(O)c(O)c1)C(=O)NCCCCc1ccccc1. The fourth-order valence-corrected chi connectivity index (χ4v) is 2.46. The number of benzene rings is 2. The van der Waals surface area contributed by atoms with Crippen LogP contribution < -0.4 is 5.32 Å². The van der Waals surface area contributed by atoms with Crippen LogP contribution in [0.2, 0.25) is 0 Å². The fourth-order valence-electron chi connectivity index (χ4n) is 2.46. The Kier molecular flexibility index (Phi) is 7.68. The van der Waals surface area contributed by atoms with Gasteiger partial charge in [0.15, 0.2) is 11.5 Å². The molecule has 0 saturated carbocycles. The molecule has 0 atom stereocenters. The number of unbranched alkanes of at least 4 members (excludes halogenated alkanes) is 1. The number of phenolic OH excluding ortho intramolecular Hbond substituents is 2. The second kappa shape index (κ2) is 10.5. The lowest BCUT2D eigenvalue weighted by atomic mass is 10.1. The van der Waals surface area contributed by atoms with Gasteiger partial charge in [0.2, 0.25) is 0 Å². The molecular formula is C22H22N2O3. The van der Waals surface area contributed by atoms with E-state index in [0.29, 0.717) is 12.1 Å². The van der Waals surface area contributed by atoms with Crippen molar-refractivity contribution in [1.82, 2.24) is 5.32 Å². The molecule has 27 heavy (non-hydrogen) atoms. The van der Waals surface area contributed by atoms with Gasteiger partial charge in [0.25, 0.3) is 5.91 Å². The van der Waals surface area contributed by atoms with Crippen molar-refractivity contribution in [2.24, 2.45) is 0 Å². The minimum atomic E-state index is -0.407. The van der Waals surface area contributed by atoms with Crippen LogP contribution in [-0.2, 0) is 11.2 Å². The Morgan fingerprint density at radius 1 is 1.07 bits per heavy atom. The molecule has 0 aromatic heterocycles. The molecule has 0 aliphatic heterocycles. The van der Waals surface area contributed by atoms with Gasteiger partial charge in [-0.05, 0) is 48.6 Å². The van der Waals surface area contributed by atoms with E-state index >= 15 is 0 Å². The minimum Gasteiger partial charge on any atom is -0.504 e. The second-order valence-electron chi connectivity index (χ2n) is 6.00. The first-order valence-electron chi connectivity index (χ1n) is 8.72. The number of nitrogens with zero attached hydrogens (tertiary/aromatic N) is 1. The van der Waals surface area contributed by atoms with Gasteiger partial charge in [-0.15, -0.1) is 0 Å². The number of carbonyl (C=O) groups excluding carboxylic acids is 1. The third kappa shape index (κ3) is 6.71. The summed E-state index contributed by atoms with van der Waals surface area (Å²) >= 11 is 0. The number of nitrogens with one attached hydrogen (secondary N) is 1. The molecule has 0 aliphatic rings. The standard InChI is InChI=1S/C22H22N2O3/c23-16-19(11-6-10-18-12-13-20(25)21(26)15-18)22(27)24-14-5-4-9-17-7-2-1-3-8-17/h1-3,6-8,10-13,15,25-26H,4-5,9,14H2,(H,24,27)/b10-6+,19-11+. The Labute approximate surface area is 158 Å². The Hall–Kier alpha value is -3.52. The van der Waals surface area contributed by atoms with Crippen molar-refractivity contribution in [2.45, 2.75) is 19.3 Å². The third-order valence-electron chi connectivity index (χ3n) is 3.94. The van der Waals surface area contributed by atoms with Crippen LogP contribution in [0.5, 0.6) is 11.5 Å². The van der Waals surface area contributed by atoms with Gasteiger partial charge >= 0.3 is 0 Å². The molecule has 0 aliphatic carbocycles. The molecule has 5 nitrogen and oxygen atoms in total. The predicted molar refractivity (Wildman–Crippen MR) is 105 cm³/mol. The molecule has 5 heteroatoms. The van der Waals surface area contributed by atoms with Gasteiger partial charge in [0.1, 0.15) is 11.6 Å². The van der Waals surface area contributed by atoms with Crippen LogP contribution in [-0.4, -0.2) is 22.7 Å². The second-order valence-corrected chi connectivity index (χ2v) is 6.00. The highest BCUT2D eigenvalue weighted by Crippen LogP contribution is 2.25. The predicted octanol–water partition coefficient (Wildman–Crippen LogP) is 3.70. The van der Waals surface area contributed by atoms with Gasteiger partial charge in [-0.1, -0.05) is 48.6 Å². The normalized spacial score (nSPS) is 11.3. The first kappa shape index (κ1) is 19.8. The van der Waals surface area contributed by atoms with Crippen molar-refractivity contribution in [1.29, 1.82) is 5.26 Å². The maximum atomic E-state index is 12.0. The van der Waals surface area contributed by atoms with E-state index < -0.39 is 5.91 Å². The van der Waals surface area contributed by atoms with E-state index in [9.17, 15) is 15.0 Å². The summed E-state index contributed by atoms with van der Waals surface area (Å²) in [7, 11) is 0. The van der Waals surface area contributed by atoms with Gasteiger partial charge < -0.3 is 15.5 Å². The van der Waals surface area contributed by atoms with Crippen LogP contribution >= 0.6 is 0 Å². The molecule has 1 amide bonds. The number of phenols is 2. The molecular weight excluding hydrogens is 340 g/mol. The van der Waals surface area contributed by atoms with Crippen LogP contribution in [0, 0.1) is 11.3 Å². The van der Waals surface area contributed by atoms with E-state index in [2.05, 4.69) is 17.4 Å². The van der Waals surface area contributed by atoms with E-state index in [1.165, 1.54) is 23.8 Å². The highest BCUT2D eigenvalue weighted by molar-refractivity contribution is 5.97. The molecule has 2 aromatic rings. The lowest BCUT2D eigenvalue weighted by molar-refractivity contribution is -0.117. The summed E-state index contributed by atoms with van der Waals surface area (Å²) in [5, 5.41) is 30.6. The summed E-state index contributed by atoms with van der Waals surface area (Å²) in [4.78, 5) is 12.0. The number of aryl methyl sites for hydroxylation is 1. The monoisotopic (exact) mass is 362 g/mol. The number of hydrogen-bond donors (Lipinski definition) is 3. The molecule has 138 valence electrons. The van der Waals surface area contributed by atoms with Crippen molar-refractivity contribution in [2.75, 3.05) is 6.54 Å². The zero-order chi connectivity index (χ0) is 19.5. The van der Waals surface area contributed by atoms with Gasteiger partial charge in [0.05, 0.1) is 0 Å². The van der Waals surface area contributed by atoms with Crippen LogP contribution in [0.4, 0.5) is 0 Å². The first-order valence-corrected chi connectivity index (χ1v) is 8.72. The highest BCUT2D eigenvalue weighted by Gasteiger charge is 2.06. The topological polar surface area (TPSA) is 93.3 Å². The number of allylic oxidation sites excluding steroid dienone is 2. The molecule has 0 heterocycles. The molecule has 2 aromatic carbocycles. The van der Waals surface area contributed by atoms with Crippen molar-refractivity contribution < 1.29 is 15.0 Å². The molecule has 0 saturated heterocycles. The summed E-state index contributed by atoms with van der Waals surface area (Å²) in [6.07, 6.45) is 7.36. The fraction of sp³-hybridized carbons (Fsp3) is 0.182.